The van der Waals surface area contributed by atoms with E-state index in [1.165, 1.54) is 16.2 Å². The third kappa shape index (κ3) is 3.83. The molecule has 2 aliphatic heterocycles. The smallest absolute Gasteiger partial charge is 0.255 e. The van der Waals surface area contributed by atoms with Crippen molar-refractivity contribution in [2.45, 2.75) is 43.1 Å². The summed E-state index contributed by atoms with van der Waals surface area (Å²) in [5.74, 6) is -1.04. The highest BCUT2D eigenvalue weighted by Gasteiger charge is 2.39. The van der Waals surface area contributed by atoms with Gasteiger partial charge in [-0.25, -0.2) is 13.1 Å². The van der Waals surface area contributed by atoms with Crippen molar-refractivity contribution in [2.24, 2.45) is 0 Å². The van der Waals surface area contributed by atoms with Crippen LogP contribution in [0.4, 0.5) is 0 Å². The van der Waals surface area contributed by atoms with Gasteiger partial charge in [-0.15, -0.1) is 11.3 Å². The molecule has 1 saturated heterocycles. The van der Waals surface area contributed by atoms with E-state index in [9.17, 15) is 22.8 Å². The molecule has 1 unspecified atom stereocenters. The summed E-state index contributed by atoms with van der Waals surface area (Å²) in [6, 6.07) is 7.79. The molecule has 2 aliphatic rings. The minimum Gasteiger partial charge on any atom is -0.322 e. The number of carbonyl (C=O) groups is 3. The summed E-state index contributed by atoms with van der Waals surface area (Å²) in [6.07, 6.45) is 0.503. The molecule has 10 heteroatoms. The van der Waals surface area contributed by atoms with Crippen LogP contribution in [0, 0.1) is 6.92 Å². The van der Waals surface area contributed by atoms with Gasteiger partial charge in [0.1, 0.15) is 10.3 Å². The van der Waals surface area contributed by atoms with Crippen LogP contribution >= 0.6 is 11.3 Å². The maximum atomic E-state index is 12.7. The summed E-state index contributed by atoms with van der Waals surface area (Å²) in [6.45, 7) is 2.19. The second-order valence-corrected chi connectivity index (χ2v) is 10.4. The highest BCUT2D eigenvalue weighted by atomic mass is 32.2. The van der Waals surface area contributed by atoms with E-state index in [1.54, 1.807) is 30.3 Å². The van der Waals surface area contributed by atoms with Gasteiger partial charge >= 0.3 is 0 Å². The lowest BCUT2D eigenvalue weighted by molar-refractivity contribution is -0.136. The molecule has 3 heterocycles. The summed E-state index contributed by atoms with van der Waals surface area (Å²) >= 11 is 1.20. The van der Waals surface area contributed by atoms with Crippen molar-refractivity contribution in [3.05, 3.63) is 51.9 Å². The number of fused-ring (bicyclic) bond motifs is 1. The first kappa shape index (κ1) is 19.7. The molecule has 0 aliphatic carbocycles. The Morgan fingerprint density at radius 1 is 1.21 bits per heavy atom. The molecule has 152 valence electrons. The van der Waals surface area contributed by atoms with Crippen LogP contribution in [0.15, 0.2) is 34.5 Å². The van der Waals surface area contributed by atoms with Crippen molar-refractivity contribution in [1.29, 1.82) is 0 Å². The van der Waals surface area contributed by atoms with Crippen molar-refractivity contribution in [2.75, 3.05) is 0 Å². The first-order valence-corrected chi connectivity index (χ1v) is 11.4. The van der Waals surface area contributed by atoms with Gasteiger partial charge in [0.05, 0.1) is 0 Å². The second kappa shape index (κ2) is 7.36. The zero-order chi connectivity index (χ0) is 20.8. The van der Waals surface area contributed by atoms with Crippen LogP contribution in [0.25, 0.3) is 0 Å². The van der Waals surface area contributed by atoms with Gasteiger partial charge in [0.2, 0.25) is 21.8 Å². The normalized spacial score (nSPS) is 19.4. The Morgan fingerprint density at radius 3 is 2.69 bits per heavy atom. The standard InChI is InChI=1S/C19H19N3O5S2/c1-11-2-7-17(28-11)29(26,27)20-9-12-3-4-14-13(8-12)10-22(19(14)25)15-5-6-16(23)21-18(15)24/h2-4,7-8,15,20H,5-6,9-10H2,1H3,(H,21,23,24). The molecule has 0 radical (unpaired) electrons. The number of hydrogen-bond donors (Lipinski definition) is 2. The second-order valence-electron chi connectivity index (χ2n) is 7.08. The number of carbonyl (C=O) groups excluding carboxylic acids is 3. The first-order valence-electron chi connectivity index (χ1n) is 9.07. The molecule has 0 bridgehead atoms. The van der Waals surface area contributed by atoms with Crippen molar-refractivity contribution >= 4 is 39.1 Å². The van der Waals surface area contributed by atoms with E-state index in [0.717, 1.165) is 16.0 Å². The average Bonchev–Trinajstić information content (AvgIpc) is 3.24. The maximum absolute atomic E-state index is 12.7. The van der Waals surface area contributed by atoms with E-state index in [4.69, 9.17) is 0 Å². The van der Waals surface area contributed by atoms with Crippen molar-refractivity contribution in [3.8, 4) is 0 Å². The van der Waals surface area contributed by atoms with Gasteiger partial charge in [-0.05, 0) is 42.7 Å². The lowest BCUT2D eigenvalue weighted by atomic mass is 10.0. The summed E-state index contributed by atoms with van der Waals surface area (Å²) in [5, 5.41) is 2.27. The van der Waals surface area contributed by atoms with E-state index in [2.05, 4.69) is 10.0 Å². The summed E-state index contributed by atoms with van der Waals surface area (Å²) in [4.78, 5) is 38.5. The molecular weight excluding hydrogens is 414 g/mol. The highest BCUT2D eigenvalue weighted by Crippen LogP contribution is 2.28. The van der Waals surface area contributed by atoms with Crippen LogP contribution in [-0.4, -0.2) is 37.1 Å². The molecule has 1 fully saturated rings. The first-order chi connectivity index (χ1) is 13.7. The molecule has 2 N–H and O–H groups in total. The monoisotopic (exact) mass is 433 g/mol. The average molecular weight is 434 g/mol. The van der Waals surface area contributed by atoms with Gasteiger partial charge in [-0.2, -0.15) is 0 Å². The minimum atomic E-state index is -3.60. The Morgan fingerprint density at radius 2 is 2.00 bits per heavy atom. The van der Waals surface area contributed by atoms with Gasteiger partial charge in [0.25, 0.3) is 5.91 Å². The van der Waals surface area contributed by atoms with Crippen LogP contribution in [0.3, 0.4) is 0 Å². The Labute approximate surface area is 172 Å². The van der Waals surface area contributed by atoms with E-state index >= 15 is 0 Å². The van der Waals surface area contributed by atoms with Crippen LogP contribution in [-0.2, 0) is 32.7 Å². The lowest BCUT2D eigenvalue weighted by Crippen LogP contribution is -2.52. The highest BCUT2D eigenvalue weighted by molar-refractivity contribution is 7.91. The Kier molecular flexibility index (Phi) is 5.01. The number of nitrogens with one attached hydrogen (secondary N) is 2. The SMILES string of the molecule is Cc1ccc(S(=O)(=O)NCc2ccc3c(c2)CN(C2CCC(=O)NC2=O)C3=O)s1. The van der Waals surface area contributed by atoms with E-state index in [1.807, 2.05) is 6.92 Å². The van der Waals surface area contributed by atoms with E-state index in [0.29, 0.717) is 12.0 Å². The number of aryl methyl sites for hydroxylation is 1. The van der Waals surface area contributed by atoms with Gasteiger partial charge in [-0.1, -0.05) is 12.1 Å². The van der Waals surface area contributed by atoms with Gasteiger partial charge < -0.3 is 4.90 Å². The fraction of sp³-hybridized carbons (Fsp3) is 0.316. The fourth-order valence-corrected chi connectivity index (χ4v) is 5.89. The van der Waals surface area contributed by atoms with Crippen molar-refractivity contribution in [1.82, 2.24) is 14.9 Å². The molecule has 1 aromatic heterocycles. The Bertz CT molecular complexity index is 1120. The predicted molar refractivity (Wildman–Crippen MR) is 106 cm³/mol. The van der Waals surface area contributed by atoms with Crippen molar-refractivity contribution in [3.63, 3.8) is 0 Å². The summed E-state index contributed by atoms with van der Waals surface area (Å²) in [7, 11) is -3.60. The minimum absolute atomic E-state index is 0.0964. The van der Waals surface area contributed by atoms with Crippen molar-refractivity contribution < 1.29 is 22.8 Å². The Hall–Kier alpha value is -2.56. The zero-order valence-corrected chi connectivity index (χ0v) is 17.2. The summed E-state index contributed by atoms with van der Waals surface area (Å²) in [5.41, 5.74) is 1.96. The number of amides is 3. The summed E-state index contributed by atoms with van der Waals surface area (Å²) < 4.78 is 27.6. The molecule has 0 spiro atoms. The zero-order valence-electron chi connectivity index (χ0n) is 15.6. The lowest BCUT2D eigenvalue weighted by Gasteiger charge is -2.29. The predicted octanol–water partition coefficient (Wildman–Crippen LogP) is 1.30. The molecule has 29 heavy (non-hydrogen) atoms. The van der Waals surface area contributed by atoms with Crippen LogP contribution in [0.1, 0.15) is 39.2 Å². The largest absolute Gasteiger partial charge is 0.322 e. The number of hydrogen-bond acceptors (Lipinski definition) is 6. The molecule has 1 atom stereocenters. The van der Waals surface area contributed by atoms with E-state index in [-0.39, 0.29) is 35.5 Å². The van der Waals surface area contributed by atoms with Gasteiger partial charge in [0, 0.05) is 30.0 Å². The third-order valence-electron chi connectivity index (χ3n) is 5.03. The van der Waals surface area contributed by atoms with Crippen LogP contribution < -0.4 is 10.0 Å². The van der Waals surface area contributed by atoms with Gasteiger partial charge in [-0.3, -0.25) is 19.7 Å². The quantitative estimate of drug-likeness (QED) is 0.690. The number of imide groups is 1. The maximum Gasteiger partial charge on any atom is 0.255 e. The third-order valence-corrected chi connectivity index (χ3v) is 7.93. The number of benzene rings is 1. The number of nitrogens with zero attached hydrogens (tertiary/aromatic N) is 1. The topological polar surface area (TPSA) is 113 Å². The molecule has 0 saturated carbocycles. The molecular formula is C19H19N3O5S2. The molecule has 2 aromatic rings. The van der Waals surface area contributed by atoms with E-state index < -0.39 is 22.0 Å². The Balaban J connectivity index is 1.47. The molecule has 1 aromatic carbocycles. The van der Waals surface area contributed by atoms with Crippen LogP contribution in [0.2, 0.25) is 0 Å². The number of thiophene rings is 1. The van der Waals surface area contributed by atoms with Crippen LogP contribution in [0.5, 0.6) is 0 Å². The number of sulfonamides is 1. The number of rotatable bonds is 5. The molecule has 3 amide bonds. The van der Waals surface area contributed by atoms with Gasteiger partial charge in [0.15, 0.2) is 0 Å². The fourth-order valence-electron chi connectivity index (χ4n) is 3.54. The number of piperidine rings is 1. The molecule has 8 nitrogen and oxygen atoms in total. The molecule has 4 rings (SSSR count).